The minimum Gasteiger partial charge on any atom is -0.396 e. The Hall–Kier alpha value is -2.24. The fraction of sp³-hybridized carbons (Fsp3) is 0.368. The minimum atomic E-state index is -0.330. The van der Waals surface area contributed by atoms with Gasteiger partial charge in [0.1, 0.15) is 5.82 Å². The number of aryl methyl sites for hydroxylation is 1. The molecule has 0 amide bonds. The van der Waals surface area contributed by atoms with Crippen LogP contribution in [0.2, 0.25) is 0 Å². The van der Waals surface area contributed by atoms with Gasteiger partial charge in [-0.2, -0.15) is 0 Å². The van der Waals surface area contributed by atoms with Crippen LogP contribution in [0.3, 0.4) is 0 Å². The van der Waals surface area contributed by atoms with E-state index in [1.807, 2.05) is 56.1 Å². The van der Waals surface area contributed by atoms with Gasteiger partial charge in [0.05, 0.1) is 18.2 Å². The molecule has 0 saturated carbocycles. The lowest BCUT2D eigenvalue weighted by molar-refractivity contribution is 0.109. The predicted molar refractivity (Wildman–Crippen MR) is 95.4 cm³/mol. The molecular weight excluding hydrogens is 300 g/mol. The van der Waals surface area contributed by atoms with Crippen molar-refractivity contribution in [1.82, 2.24) is 19.9 Å². The number of rotatable bonds is 6. The van der Waals surface area contributed by atoms with Crippen LogP contribution in [0, 0.1) is 5.41 Å². The van der Waals surface area contributed by atoms with Gasteiger partial charge in [-0.15, -0.1) is 0 Å². The molecule has 126 valence electrons. The van der Waals surface area contributed by atoms with Gasteiger partial charge in [0.25, 0.3) is 0 Å². The summed E-state index contributed by atoms with van der Waals surface area (Å²) in [6.45, 7) is 4.82. The highest BCUT2D eigenvalue weighted by Crippen LogP contribution is 2.32. The average Bonchev–Trinajstić information content (AvgIpc) is 3.00. The van der Waals surface area contributed by atoms with Crippen LogP contribution in [0.1, 0.15) is 31.3 Å². The van der Waals surface area contributed by atoms with Gasteiger partial charge in [-0.05, 0) is 17.7 Å². The van der Waals surface area contributed by atoms with E-state index in [0.717, 1.165) is 22.3 Å². The van der Waals surface area contributed by atoms with Gasteiger partial charge in [-0.1, -0.05) is 32.0 Å². The van der Waals surface area contributed by atoms with E-state index in [2.05, 4.69) is 27.4 Å². The van der Waals surface area contributed by atoms with E-state index in [1.54, 1.807) is 6.20 Å². The van der Waals surface area contributed by atoms with Gasteiger partial charge in [0.2, 0.25) is 0 Å². The van der Waals surface area contributed by atoms with Gasteiger partial charge in [-0.25, -0.2) is 4.98 Å². The zero-order chi connectivity index (χ0) is 17.2. The Morgan fingerprint density at radius 3 is 2.75 bits per heavy atom. The number of hydrogen-bond donors (Lipinski definition) is 2. The lowest BCUT2D eigenvalue weighted by Gasteiger charge is -2.33. The third kappa shape index (κ3) is 3.32. The van der Waals surface area contributed by atoms with Crippen LogP contribution >= 0.6 is 0 Å². The van der Waals surface area contributed by atoms with E-state index >= 15 is 0 Å². The van der Waals surface area contributed by atoms with E-state index in [-0.39, 0.29) is 18.1 Å². The number of para-hydroxylation sites is 1. The number of pyridine rings is 1. The van der Waals surface area contributed by atoms with Gasteiger partial charge < -0.3 is 15.0 Å². The van der Waals surface area contributed by atoms with Crippen molar-refractivity contribution < 1.29 is 5.11 Å². The zero-order valence-electron chi connectivity index (χ0n) is 14.4. The predicted octanol–water partition coefficient (Wildman–Crippen LogP) is 2.82. The fourth-order valence-electron chi connectivity index (χ4n) is 2.90. The first kappa shape index (κ1) is 16.6. The number of fused-ring (bicyclic) bond motifs is 1. The van der Waals surface area contributed by atoms with Crippen LogP contribution in [0.25, 0.3) is 10.9 Å². The standard InChI is InChI=1S/C19H24N4O/c1-19(2,13-24)17(18-20-8-9-23(18)3)22-12-14-10-15-6-4-5-7-16(15)21-11-14/h4-11,17,22,24H,12-13H2,1-3H3/t17-/m0/s1. The molecule has 0 aliphatic rings. The Morgan fingerprint density at radius 1 is 1.25 bits per heavy atom. The summed E-state index contributed by atoms with van der Waals surface area (Å²) < 4.78 is 1.99. The van der Waals surface area contributed by atoms with E-state index in [9.17, 15) is 5.11 Å². The zero-order valence-corrected chi connectivity index (χ0v) is 14.4. The Bertz CT molecular complexity index is 825. The van der Waals surface area contributed by atoms with Crippen molar-refractivity contribution in [3.8, 4) is 0 Å². The number of hydrogen-bond acceptors (Lipinski definition) is 4. The second kappa shape index (κ2) is 6.71. The molecule has 0 spiro atoms. The molecule has 1 atom stereocenters. The summed E-state index contributed by atoms with van der Waals surface area (Å²) in [4.78, 5) is 8.98. The van der Waals surface area contributed by atoms with Crippen LogP contribution in [0.5, 0.6) is 0 Å². The molecule has 2 heterocycles. The lowest BCUT2D eigenvalue weighted by atomic mass is 9.84. The number of nitrogens with zero attached hydrogens (tertiary/aromatic N) is 3. The third-order valence-electron chi connectivity index (χ3n) is 4.46. The highest BCUT2D eigenvalue weighted by molar-refractivity contribution is 5.78. The van der Waals surface area contributed by atoms with Crippen LogP contribution in [-0.4, -0.2) is 26.2 Å². The van der Waals surface area contributed by atoms with E-state index in [4.69, 9.17) is 0 Å². The van der Waals surface area contributed by atoms with Gasteiger partial charge in [0.15, 0.2) is 0 Å². The second-order valence-corrected chi connectivity index (χ2v) is 6.89. The summed E-state index contributed by atoms with van der Waals surface area (Å²) in [5.41, 5.74) is 1.78. The third-order valence-corrected chi connectivity index (χ3v) is 4.46. The van der Waals surface area contributed by atoms with Crippen molar-refractivity contribution in [2.24, 2.45) is 12.5 Å². The van der Waals surface area contributed by atoms with Gasteiger partial charge >= 0.3 is 0 Å². The first-order valence-electron chi connectivity index (χ1n) is 8.16. The van der Waals surface area contributed by atoms with E-state index in [1.165, 1.54) is 0 Å². The molecule has 0 aliphatic carbocycles. The molecule has 3 aromatic rings. The normalized spacial score (nSPS) is 13.3. The molecule has 0 unspecified atom stereocenters. The summed E-state index contributed by atoms with van der Waals surface area (Å²) in [6.07, 6.45) is 5.61. The van der Waals surface area contributed by atoms with Crippen LogP contribution in [0.15, 0.2) is 48.9 Å². The Labute approximate surface area is 142 Å². The van der Waals surface area contributed by atoms with Crippen LogP contribution in [-0.2, 0) is 13.6 Å². The molecule has 3 rings (SSSR count). The average molecular weight is 324 g/mol. The van der Waals surface area contributed by atoms with Gasteiger partial charge in [0, 0.05) is 43.0 Å². The monoisotopic (exact) mass is 324 g/mol. The van der Waals surface area contributed by atoms with Crippen molar-refractivity contribution >= 4 is 10.9 Å². The number of benzene rings is 1. The number of imidazole rings is 1. The minimum absolute atomic E-state index is 0.0611. The number of nitrogens with one attached hydrogen (secondary N) is 1. The van der Waals surface area contributed by atoms with Crippen molar-refractivity contribution in [2.45, 2.75) is 26.4 Å². The van der Waals surface area contributed by atoms with E-state index < -0.39 is 0 Å². The molecule has 0 fully saturated rings. The van der Waals surface area contributed by atoms with Crippen molar-refractivity contribution in [1.29, 1.82) is 0 Å². The molecule has 1 aromatic carbocycles. The number of aliphatic hydroxyl groups is 1. The van der Waals surface area contributed by atoms with Crippen LogP contribution in [0.4, 0.5) is 0 Å². The lowest BCUT2D eigenvalue weighted by Crippen LogP contribution is -2.38. The first-order valence-corrected chi connectivity index (χ1v) is 8.16. The summed E-state index contributed by atoms with van der Waals surface area (Å²) in [7, 11) is 1.97. The summed E-state index contributed by atoms with van der Waals surface area (Å²) in [5.74, 6) is 0.919. The number of aliphatic hydroxyl groups excluding tert-OH is 1. The van der Waals surface area contributed by atoms with E-state index in [0.29, 0.717) is 6.54 Å². The highest BCUT2D eigenvalue weighted by atomic mass is 16.3. The molecule has 0 bridgehead atoms. The molecular formula is C19H24N4O. The van der Waals surface area contributed by atoms with Crippen molar-refractivity contribution in [3.05, 3.63) is 60.3 Å². The maximum atomic E-state index is 9.80. The Balaban J connectivity index is 1.83. The molecule has 5 heteroatoms. The highest BCUT2D eigenvalue weighted by Gasteiger charge is 2.32. The van der Waals surface area contributed by atoms with Gasteiger partial charge in [-0.3, -0.25) is 4.98 Å². The summed E-state index contributed by atoms with van der Waals surface area (Å²) in [5, 5.41) is 14.5. The SMILES string of the molecule is Cn1ccnc1[C@H](NCc1cnc2ccccc2c1)C(C)(C)CO. The molecule has 0 saturated heterocycles. The molecule has 2 aromatic heterocycles. The molecule has 2 N–H and O–H groups in total. The number of aromatic nitrogens is 3. The van der Waals surface area contributed by atoms with Crippen molar-refractivity contribution in [3.63, 3.8) is 0 Å². The second-order valence-electron chi connectivity index (χ2n) is 6.89. The maximum absolute atomic E-state index is 9.80. The molecule has 24 heavy (non-hydrogen) atoms. The topological polar surface area (TPSA) is 63.0 Å². The largest absolute Gasteiger partial charge is 0.396 e. The first-order chi connectivity index (χ1) is 11.5. The molecule has 5 nitrogen and oxygen atoms in total. The summed E-state index contributed by atoms with van der Waals surface area (Å²) >= 11 is 0. The summed E-state index contributed by atoms with van der Waals surface area (Å²) in [6, 6.07) is 10.2. The smallest absolute Gasteiger partial charge is 0.126 e. The molecule has 0 aliphatic heterocycles. The fourth-order valence-corrected chi connectivity index (χ4v) is 2.90. The Kier molecular flexibility index (Phi) is 4.64. The maximum Gasteiger partial charge on any atom is 0.126 e. The molecule has 0 radical (unpaired) electrons. The quantitative estimate of drug-likeness (QED) is 0.732. The Morgan fingerprint density at radius 2 is 2.04 bits per heavy atom. The van der Waals surface area contributed by atoms with Crippen molar-refractivity contribution in [2.75, 3.05) is 6.61 Å². The van der Waals surface area contributed by atoms with Crippen LogP contribution < -0.4 is 5.32 Å².